The van der Waals surface area contributed by atoms with E-state index in [1.54, 1.807) is 37.1 Å². The molecule has 3 nitrogen and oxygen atoms in total. The monoisotopic (exact) mass is 223 g/mol. The molecule has 4 heteroatoms. The molecular weight excluding hydrogens is 209 g/mol. The maximum absolute atomic E-state index is 13.6. The summed E-state index contributed by atoms with van der Waals surface area (Å²) < 4.78 is 19.0. The highest BCUT2D eigenvalue weighted by molar-refractivity contribution is 5.83. The molecular formula is C12H14FNO2. The summed E-state index contributed by atoms with van der Waals surface area (Å²) in [5, 5.41) is 0. The second-order valence-electron chi connectivity index (χ2n) is 4.04. The van der Waals surface area contributed by atoms with Crippen molar-refractivity contribution in [1.29, 1.82) is 0 Å². The molecule has 16 heavy (non-hydrogen) atoms. The van der Waals surface area contributed by atoms with E-state index in [9.17, 15) is 9.18 Å². The number of benzene rings is 1. The van der Waals surface area contributed by atoms with Crippen molar-refractivity contribution in [1.82, 2.24) is 4.90 Å². The SMILES string of the molecule is Cc1cccc(OC2CCN(C)C2=O)c1F. The van der Waals surface area contributed by atoms with Gasteiger partial charge in [0.05, 0.1) is 0 Å². The number of halogens is 1. The van der Waals surface area contributed by atoms with E-state index in [-0.39, 0.29) is 17.5 Å². The maximum Gasteiger partial charge on any atom is 0.263 e. The minimum absolute atomic E-state index is 0.0825. The van der Waals surface area contributed by atoms with Crippen LogP contribution in [0.1, 0.15) is 12.0 Å². The second-order valence-corrected chi connectivity index (χ2v) is 4.04. The Bertz CT molecular complexity index is 419. The molecule has 1 aliphatic rings. The maximum atomic E-state index is 13.6. The molecule has 1 aromatic rings. The summed E-state index contributed by atoms with van der Waals surface area (Å²) in [4.78, 5) is 13.2. The minimum atomic E-state index is -0.540. The van der Waals surface area contributed by atoms with Crippen LogP contribution in [0, 0.1) is 12.7 Å². The molecule has 1 aliphatic heterocycles. The normalized spacial score (nSPS) is 20.3. The number of amides is 1. The molecule has 0 spiro atoms. The van der Waals surface area contributed by atoms with Gasteiger partial charge in [0.15, 0.2) is 17.7 Å². The third-order valence-corrected chi connectivity index (χ3v) is 2.80. The fraction of sp³-hybridized carbons (Fsp3) is 0.417. The summed E-state index contributed by atoms with van der Waals surface area (Å²) >= 11 is 0. The Morgan fingerprint density at radius 1 is 1.50 bits per heavy atom. The van der Waals surface area contributed by atoms with Crippen molar-refractivity contribution < 1.29 is 13.9 Å². The fourth-order valence-corrected chi connectivity index (χ4v) is 1.76. The summed E-state index contributed by atoms with van der Waals surface area (Å²) in [6.07, 6.45) is 0.0733. The molecule has 86 valence electrons. The quantitative estimate of drug-likeness (QED) is 0.764. The average molecular weight is 223 g/mol. The number of nitrogens with zero attached hydrogens (tertiary/aromatic N) is 1. The topological polar surface area (TPSA) is 29.5 Å². The Morgan fingerprint density at radius 2 is 2.25 bits per heavy atom. The number of aryl methyl sites for hydroxylation is 1. The predicted molar refractivity (Wildman–Crippen MR) is 57.8 cm³/mol. The van der Waals surface area contributed by atoms with E-state index in [1.807, 2.05) is 0 Å². The van der Waals surface area contributed by atoms with E-state index < -0.39 is 6.10 Å². The zero-order valence-corrected chi connectivity index (χ0v) is 9.37. The molecule has 1 amide bonds. The van der Waals surface area contributed by atoms with Crippen LogP contribution in [0.15, 0.2) is 18.2 Å². The number of carbonyl (C=O) groups is 1. The molecule has 0 bridgehead atoms. The molecule has 1 fully saturated rings. The van der Waals surface area contributed by atoms with Crippen molar-refractivity contribution in [3.05, 3.63) is 29.6 Å². The summed E-state index contributed by atoms with van der Waals surface area (Å²) in [7, 11) is 1.72. The zero-order chi connectivity index (χ0) is 11.7. The van der Waals surface area contributed by atoms with Crippen molar-refractivity contribution >= 4 is 5.91 Å². The van der Waals surface area contributed by atoms with Crippen LogP contribution >= 0.6 is 0 Å². The van der Waals surface area contributed by atoms with Gasteiger partial charge in [0.1, 0.15) is 0 Å². The number of ether oxygens (including phenoxy) is 1. The summed E-state index contributed by atoms with van der Waals surface area (Å²) in [6.45, 7) is 2.34. The summed E-state index contributed by atoms with van der Waals surface area (Å²) in [5.74, 6) is -0.306. The van der Waals surface area contributed by atoms with Gasteiger partial charge in [-0.15, -0.1) is 0 Å². The third kappa shape index (κ3) is 1.87. The van der Waals surface area contributed by atoms with E-state index in [0.29, 0.717) is 18.5 Å². The predicted octanol–water partition coefficient (Wildman–Crippen LogP) is 1.74. The lowest BCUT2D eigenvalue weighted by molar-refractivity contribution is -0.132. The fourth-order valence-electron chi connectivity index (χ4n) is 1.76. The van der Waals surface area contributed by atoms with Crippen LogP contribution in [0.2, 0.25) is 0 Å². The van der Waals surface area contributed by atoms with E-state index in [2.05, 4.69) is 0 Å². The van der Waals surface area contributed by atoms with E-state index in [1.165, 1.54) is 0 Å². The van der Waals surface area contributed by atoms with Crippen molar-refractivity contribution in [2.75, 3.05) is 13.6 Å². The molecule has 0 aliphatic carbocycles. The molecule has 0 radical (unpaired) electrons. The van der Waals surface area contributed by atoms with Crippen molar-refractivity contribution in [2.45, 2.75) is 19.4 Å². The first-order valence-electron chi connectivity index (χ1n) is 5.26. The van der Waals surface area contributed by atoms with Crippen LogP contribution in [-0.2, 0) is 4.79 Å². The van der Waals surface area contributed by atoms with Crippen LogP contribution in [-0.4, -0.2) is 30.5 Å². The van der Waals surface area contributed by atoms with Crippen LogP contribution in [0.25, 0.3) is 0 Å². The van der Waals surface area contributed by atoms with E-state index >= 15 is 0 Å². The number of carbonyl (C=O) groups excluding carboxylic acids is 1. The van der Waals surface area contributed by atoms with E-state index in [0.717, 1.165) is 0 Å². The molecule has 1 heterocycles. The lowest BCUT2D eigenvalue weighted by Crippen LogP contribution is -2.29. The van der Waals surface area contributed by atoms with Gasteiger partial charge in [-0.2, -0.15) is 0 Å². The highest BCUT2D eigenvalue weighted by Crippen LogP contribution is 2.23. The van der Waals surface area contributed by atoms with Gasteiger partial charge in [0, 0.05) is 20.0 Å². The van der Waals surface area contributed by atoms with Gasteiger partial charge >= 0.3 is 0 Å². The van der Waals surface area contributed by atoms with Crippen LogP contribution in [0.4, 0.5) is 4.39 Å². The van der Waals surface area contributed by atoms with Crippen LogP contribution < -0.4 is 4.74 Å². The highest BCUT2D eigenvalue weighted by atomic mass is 19.1. The number of hydrogen-bond donors (Lipinski definition) is 0. The van der Waals surface area contributed by atoms with Gasteiger partial charge in [-0.25, -0.2) is 4.39 Å². The summed E-state index contributed by atoms with van der Waals surface area (Å²) in [5.41, 5.74) is 0.524. The first kappa shape index (κ1) is 10.9. The Morgan fingerprint density at radius 3 is 2.88 bits per heavy atom. The number of likely N-dealkylation sites (N-methyl/N-ethyl adjacent to an activating group) is 1. The first-order valence-corrected chi connectivity index (χ1v) is 5.26. The number of hydrogen-bond acceptors (Lipinski definition) is 2. The molecule has 2 rings (SSSR count). The van der Waals surface area contributed by atoms with Gasteiger partial charge < -0.3 is 9.64 Å². The van der Waals surface area contributed by atoms with Gasteiger partial charge in [0.25, 0.3) is 5.91 Å². The zero-order valence-electron chi connectivity index (χ0n) is 9.37. The molecule has 0 N–H and O–H groups in total. The highest BCUT2D eigenvalue weighted by Gasteiger charge is 2.31. The van der Waals surface area contributed by atoms with Crippen molar-refractivity contribution in [2.24, 2.45) is 0 Å². The molecule has 0 aromatic heterocycles. The average Bonchev–Trinajstić information content (AvgIpc) is 2.57. The van der Waals surface area contributed by atoms with Crippen LogP contribution in [0.5, 0.6) is 5.75 Å². The van der Waals surface area contributed by atoms with Gasteiger partial charge in [-0.1, -0.05) is 12.1 Å². The Kier molecular flexibility index (Phi) is 2.81. The Labute approximate surface area is 93.8 Å². The molecule has 1 saturated heterocycles. The van der Waals surface area contributed by atoms with Gasteiger partial charge in [0.2, 0.25) is 0 Å². The van der Waals surface area contributed by atoms with Gasteiger partial charge in [-0.3, -0.25) is 4.79 Å². The smallest absolute Gasteiger partial charge is 0.263 e. The molecule has 0 saturated carbocycles. The Hall–Kier alpha value is -1.58. The van der Waals surface area contributed by atoms with Crippen LogP contribution in [0.3, 0.4) is 0 Å². The summed E-state index contributed by atoms with van der Waals surface area (Å²) in [6, 6.07) is 4.94. The largest absolute Gasteiger partial charge is 0.477 e. The van der Waals surface area contributed by atoms with Gasteiger partial charge in [-0.05, 0) is 18.6 Å². The lowest BCUT2D eigenvalue weighted by atomic mass is 10.2. The standard InChI is InChI=1S/C12H14FNO2/c1-8-4-3-5-9(11(8)13)16-10-6-7-14(2)12(10)15/h3-5,10H,6-7H2,1-2H3. The number of likely N-dealkylation sites (tertiary alicyclic amines) is 1. The first-order chi connectivity index (χ1) is 7.59. The van der Waals surface area contributed by atoms with Crippen molar-refractivity contribution in [3.8, 4) is 5.75 Å². The molecule has 1 aromatic carbocycles. The number of rotatable bonds is 2. The third-order valence-electron chi connectivity index (χ3n) is 2.80. The van der Waals surface area contributed by atoms with E-state index in [4.69, 9.17) is 4.74 Å². The second kappa shape index (κ2) is 4.12. The lowest BCUT2D eigenvalue weighted by Gasteiger charge is -2.14. The Balaban J connectivity index is 2.16. The molecule has 1 atom stereocenters. The van der Waals surface area contributed by atoms with Crippen molar-refractivity contribution in [3.63, 3.8) is 0 Å². The minimum Gasteiger partial charge on any atom is -0.477 e. The molecule has 1 unspecified atom stereocenters.